The van der Waals surface area contributed by atoms with Crippen LogP contribution < -0.4 is 10.6 Å². The monoisotopic (exact) mass is 351 g/mol. The number of benzene rings is 1. The predicted octanol–water partition coefficient (Wildman–Crippen LogP) is 2.66. The third-order valence-electron chi connectivity index (χ3n) is 3.46. The van der Waals surface area contributed by atoms with Gasteiger partial charge >= 0.3 is 0 Å². The molecule has 2 amide bonds. The third-order valence-corrected chi connectivity index (χ3v) is 3.46. The van der Waals surface area contributed by atoms with Gasteiger partial charge in [-0.3, -0.25) is 14.6 Å². The minimum atomic E-state index is -0.166. The van der Waals surface area contributed by atoms with E-state index in [4.69, 9.17) is 4.52 Å². The Morgan fingerprint density at radius 3 is 2.31 bits per heavy atom. The molecule has 8 heteroatoms. The van der Waals surface area contributed by atoms with Crippen LogP contribution in [0.15, 0.2) is 53.3 Å². The van der Waals surface area contributed by atoms with Crippen molar-refractivity contribution in [1.29, 1.82) is 0 Å². The summed E-state index contributed by atoms with van der Waals surface area (Å²) in [5.41, 5.74) is 2.12. The number of aryl methyl sites for hydroxylation is 1. The molecule has 0 radical (unpaired) electrons. The minimum absolute atomic E-state index is 0.146. The van der Waals surface area contributed by atoms with Crippen LogP contribution in [-0.4, -0.2) is 26.9 Å². The van der Waals surface area contributed by atoms with Gasteiger partial charge in [-0.15, -0.1) is 0 Å². The summed E-state index contributed by atoms with van der Waals surface area (Å²) in [5.74, 6) is 0.553. The van der Waals surface area contributed by atoms with Gasteiger partial charge in [0.2, 0.25) is 23.5 Å². The van der Waals surface area contributed by atoms with E-state index in [0.29, 0.717) is 29.5 Å². The van der Waals surface area contributed by atoms with Gasteiger partial charge in [0, 0.05) is 49.1 Å². The summed E-state index contributed by atoms with van der Waals surface area (Å²) < 4.78 is 5.17. The molecule has 0 atom stereocenters. The maximum Gasteiger partial charge on any atom is 0.227 e. The Hall–Kier alpha value is -3.55. The average Bonchev–Trinajstić information content (AvgIpc) is 3.11. The van der Waals surface area contributed by atoms with E-state index in [2.05, 4.69) is 25.8 Å². The Labute approximate surface area is 149 Å². The van der Waals surface area contributed by atoms with Gasteiger partial charge in [-0.25, -0.2) is 0 Å². The highest BCUT2D eigenvalue weighted by molar-refractivity contribution is 5.92. The lowest BCUT2D eigenvalue weighted by Gasteiger charge is -2.06. The molecule has 0 saturated heterocycles. The minimum Gasteiger partial charge on any atom is -0.339 e. The molecule has 2 aromatic heterocycles. The number of anilines is 2. The van der Waals surface area contributed by atoms with E-state index in [1.165, 1.54) is 6.92 Å². The molecule has 132 valence electrons. The van der Waals surface area contributed by atoms with E-state index in [0.717, 1.165) is 5.56 Å². The van der Waals surface area contributed by atoms with Gasteiger partial charge in [-0.2, -0.15) is 4.98 Å². The van der Waals surface area contributed by atoms with Crippen molar-refractivity contribution in [3.05, 3.63) is 54.7 Å². The number of nitrogens with one attached hydrogen (secondary N) is 2. The molecule has 0 aliphatic carbocycles. The molecule has 2 N–H and O–H groups in total. The molecule has 1 aromatic carbocycles. The van der Waals surface area contributed by atoms with Crippen LogP contribution in [0.4, 0.5) is 11.4 Å². The maximum absolute atomic E-state index is 12.0. The number of nitrogens with zero attached hydrogens (tertiary/aromatic N) is 3. The highest BCUT2D eigenvalue weighted by atomic mass is 16.5. The summed E-state index contributed by atoms with van der Waals surface area (Å²) in [5, 5.41) is 9.35. The average molecular weight is 351 g/mol. The second kappa shape index (κ2) is 8.02. The maximum atomic E-state index is 12.0. The first-order chi connectivity index (χ1) is 12.6. The van der Waals surface area contributed by atoms with Crippen LogP contribution in [0.1, 0.15) is 19.2 Å². The van der Waals surface area contributed by atoms with E-state index in [9.17, 15) is 9.59 Å². The Balaban J connectivity index is 1.51. The van der Waals surface area contributed by atoms with Crippen LogP contribution in [0, 0.1) is 0 Å². The molecule has 3 aromatic rings. The van der Waals surface area contributed by atoms with Gasteiger partial charge in [0.1, 0.15) is 0 Å². The quantitative estimate of drug-likeness (QED) is 0.706. The first-order valence-electron chi connectivity index (χ1n) is 8.00. The van der Waals surface area contributed by atoms with E-state index >= 15 is 0 Å². The summed E-state index contributed by atoms with van der Waals surface area (Å²) in [6, 6.07) is 10.4. The van der Waals surface area contributed by atoms with Crippen molar-refractivity contribution in [2.45, 2.75) is 19.8 Å². The molecule has 8 nitrogen and oxygen atoms in total. The van der Waals surface area contributed by atoms with Crippen LogP contribution in [0.25, 0.3) is 11.4 Å². The molecular weight excluding hydrogens is 334 g/mol. The van der Waals surface area contributed by atoms with Crippen LogP contribution in [0.2, 0.25) is 0 Å². The Morgan fingerprint density at radius 2 is 1.65 bits per heavy atom. The number of hydrogen-bond acceptors (Lipinski definition) is 6. The smallest absolute Gasteiger partial charge is 0.227 e. The van der Waals surface area contributed by atoms with Crippen molar-refractivity contribution in [3.8, 4) is 11.4 Å². The summed E-state index contributed by atoms with van der Waals surface area (Å²) in [6.45, 7) is 1.44. The zero-order valence-electron chi connectivity index (χ0n) is 14.1. The first-order valence-corrected chi connectivity index (χ1v) is 8.00. The Bertz CT molecular complexity index is 891. The molecule has 0 aliphatic rings. The lowest BCUT2D eigenvalue weighted by atomic mass is 10.2. The van der Waals surface area contributed by atoms with E-state index in [1.54, 1.807) is 48.8 Å². The van der Waals surface area contributed by atoms with Gasteiger partial charge in [-0.1, -0.05) is 5.16 Å². The SMILES string of the molecule is CC(=O)Nc1ccc(NC(=O)CCc2nc(-c3ccncc3)no2)cc1. The lowest BCUT2D eigenvalue weighted by Crippen LogP contribution is -2.12. The molecule has 0 spiro atoms. The highest BCUT2D eigenvalue weighted by Crippen LogP contribution is 2.16. The van der Waals surface area contributed by atoms with Crippen LogP contribution in [0.3, 0.4) is 0 Å². The largest absolute Gasteiger partial charge is 0.339 e. The fraction of sp³-hybridized carbons (Fsp3) is 0.167. The standard InChI is InChI=1S/C18H17N5O3/c1-12(24)20-14-2-4-15(5-3-14)21-16(25)6-7-17-22-18(23-26-17)13-8-10-19-11-9-13/h2-5,8-11H,6-7H2,1H3,(H,20,24)(H,21,25). The number of carbonyl (C=O) groups excluding carboxylic acids is 2. The molecule has 26 heavy (non-hydrogen) atoms. The van der Waals surface area contributed by atoms with Crippen molar-refractivity contribution in [2.75, 3.05) is 10.6 Å². The fourth-order valence-corrected chi connectivity index (χ4v) is 2.26. The van der Waals surface area contributed by atoms with Crippen molar-refractivity contribution < 1.29 is 14.1 Å². The zero-order valence-corrected chi connectivity index (χ0v) is 14.1. The normalized spacial score (nSPS) is 10.3. The molecule has 0 unspecified atom stereocenters. The van der Waals surface area contributed by atoms with Crippen LogP contribution in [0.5, 0.6) is 0 Å². The predicted molar refractivity (Wildman–Crippen MR) is 95.2 cm³/mol. The topological polar surface area (TPSA) is 110 Å². The fourth-order valence-electron chi connectivity index (χ4n) is 2.26. The van der Waals surface area contributed by atoms with Crippen LogP contribution >= 0.6 is 0 Å². The number of rotatable bonds is 6. The summed E-state index contributed by atoms with van der Waals surface area (Å²) >= 11 is 0. The van der Waals surface area contributed by atoms with Gasteiger partial charge in [0.15, 0.2) is 0 Å². The van der Waals surface area contributed by atoms with E-state index in [-0.39, 0.29) is 18.2 Å². The third kappa shape index (κ3) is 4.73. The highest BCUT2D eigenvalue weighted by Gasteiger charge is 2.11. The number of aromatic nitrogens is 3. The Kier molecular flexibility index (Phi) is 5.33. The number of hydrogen-bond donors (Lipinski definition) is 2. The second-order valence-electron chi connectivity index (χ2n) is 5.55. The van der Waals surface area contributed by atoms with Crippen molar-refractivity contribution in [2.24, 2.45) is 0 Å². The zero-order chi connectivity index (χ0) is 18.4. The van der Waals surface area contributed by atoms with Crippen molar-refractivity contribution >= 4 is 23.2 Å². The molecule has 3 rings (SSSR count). The Morgan fingerprint density at radius 1 is 1.00 bits per heavy atom. The van der Waals surface area contributed by atoms with Gasteiger partial charge in [-0.05, 0) is 36.4 Å². The molecular formula is C18H17N5O3. The van der Waals surface area contributed by atoms with Crippen LogP contribution in [-0.2, 0) is 16.0 Å². The summed E-state index contributed by atoms with van der Waals surface area (Å²) in [6.07, 6.45) is 3.85. The van der Waals surface area contributed by atoms with Gasteiger partial charge < -0.3 is 15.2 Å². The number of pyridine rings is 1. The van der Waals surface area contributed by atoms with Crippen molar-refractivity contribution in [1.82, 2.24) is 15.1 Å². The van der Waals surface area contributed by atoms with Gasteiger partial charge in [0.05, 0.1) is 0 Å². The number of amides is 2. The van der Waals surface area contributed by atoms with Gasteiger partial charge in [0.25, 0.3) is 0 Å². The molecule has 0 aliphatic heterocycles. The van der Waals surface area contributed by atoms with Crippen molar-refractivity contribution in [3.63, 3.8) is 0 Å². The molecule has 0 saturated carbocycles. The van der Waals surface area contributed by atoms with E-state index < -0.39 is 0 Å². The molecule has 2 heterocycles. The van der Waals surface area contributed by atoms with E-state index in [1.807, 2.05) is 0 Å². The molecule has 0 bridgehead atoms. The lowest BCUT2D eigenvalue weighted by molar-refractivity contribution is -0.116. The summed E-state index contributed by atoms with van der Waals surface area (Å²) in [7, 11) is 0. The second-order valence-corrected chi connectivity index (χ2v) is 5.55. The number of carbonyl (C=O) groups is 2. The summed E-state index contributed by atoms with van der Waals surface area (Å²) in [4.78, 5) is 31.2. The first kappa shape index (κ1) is 17.3. The molecule has 0 fully saturated rings.